The van der Waals surface area contributed by atoms with E-state index in [9.17, 15) is 14.7 Å². The number of piperidine rings is 1. The van der Waals surface area contributed by atoms with Crippen molar-refractivity contribution in [2.24, 2.45) is 0 Å². The van der Waals surface area contributed by atoms with Crippen LogP contribution >= 0.6 is 12.6 Å². The predicted molar refractivity (Wildman–Crippen MR) is 51.7 cm³/mol. The van der Waals surface area contributed by atoms with Crippen LogP contribution in [0.1, 0.15) is 12.8 Å². The minimum Gasteiger partial charge on any atom is -0.479 e. The van der Waals surface area contributed by atoms with Crippen molar-refractivity contribution in [1.82, 2.24) is 4.90 Å². The molecule has 79 valence electrons. The molecular weight excluding hydrogens is 206 g/mol. The molecule has 1 radical (unpaired) electrons. The minimum atomic E-state index is -1.10. The van der Waals surface area contributed by atoms with E-state index in [2.05, 4.69) is 12.6 Å². The smallest absolute Gasteiger partial charge is 0.332 e. The number of nitrogens with zero attached hydrogens (tertiary/aromatic N) is 1. The number of aliphatic hydroxyl groups is 1. The summed E-state index contributed by atoms with van der Waals surface area (Å²) in [5.74, 6) is -1.54. The van der Waals surface area contributed by atoms with Gasteiger partial charge >= 0.3 is 5.97 Å². The highest BCUT2D eigenvalue weighted by Crippen LogP contribution is 2.23. The number of likely N-dealkylation sites (tertiary alicyclic amines) is 1. The Labute approximate surface area is 87.1 Å². The van der Waals surface area contributed by atoms with Gasteiger partial charge in [-0.05, 0) is 12.8 Å². The summed E-state index contributed by atoms with van der Waals surface area (Å²) in [6.07, 6.45) is -0.0319. The zero-order chi connectivity index (χ0) is 10.7. The molecule has 0 bridgehead atoms. The molecule has 14 heavy (non-hydrogen) atoms. The Kier molecular flexibility index (Phi) is 3.77. The second-order valence-corrected chi connectivity index (χ2v) is 3.42. The molecule has 0 spiro atoms. The summed E-state index contributed by atoms with van der Waals surface area (Å²) in [5.41, 5.74) is 0. The number of β-amino-alcohol motifs (C(OH)–C–C–N with tert-alkyl or cyclic N) is 1. The molecule has 1 unspecified atom stereocenters. The molecule has 1 atom stereocenters. The molecule has 1 fully saturated rings. The first-order valence-corrected chi connectivity index (χ1v) is 4.88. The van der Waals surface area contributed by atoms with Crippen LogP contribution in [0.2, 0.25) is 0 Å². The molecule has 1 amide bonds. The number of amides is 1. The number of hydrogen-bond acceptors (Lipinski definition) is 4. The molecule has 1 aliphatic rings. The van der Waals surface area contributed by atoms with E-state index >= 15 is 0 Å². The number of hydrogen-bond donors (Lipinski definition) is 3. The lowest BCUT2D eigenvalue weighted by molar-refractivity contribution is -0.145. The molecule has 1 aliphatic heterocycles. The first-order valence-electron chi connectivity index (χ1n) is 4.24. The fourth-order valence-electron chi connectivity index (χ4n) is 1.41. The molecule has 6 heteroatoms. The zero-order valence-corrected chi connectivity index (χ0v) is 8.41. The third kappa shape index (κ3) is 2.39. The predicted octanol–water partition coefficient (Wildman–Crippen LogP) is -0.484. The summed E-state index contributed by atoms with van der Waals surface area (Å²) in [6.45, 7) is 0.0566. The van der Waals surface area contributed by atoms with Gasteiger partial charge in [0.25, 0.3) is 0 Å². The van der Waals surface area contributed by atoms with Gasteiger partial charge < -0.3 is 15.1 Å². The molecule has 0 saturated carbocycles. The minimum absolute atomic E-state index is 0.0503. The van der Waals surface area contributed by atoms with E-state index in [0.29, 0.717) is 6.42 Å². The van der Waals surface area contributed by atoms with Crippen LogP contribution in [-0.2, 0) is 9.59 Å². The number of carbonyl (C=O) groups excluding carboxylic acids is 1. The molecule has 1 heterocycles. The maximum atomic E-state index is 11.3. The Bertz CT molecular complexity index is 245. The van der Waals surface area contributed by atoms with Gasteiger partial charge in [0, 0.05) is 6.54 Å². The van der Waals surface area contributed by atoms with Crippen molar-refractivity contribution in [2.75, 3.05) is 12.3 Å². The van der Waals surface area contributed by atoms with Gasteiger partial charge in [0.1, 0.15) is 0 Å². The lowest BCUT2D eigenvalue weighted by Gasteiger charge is -2.34. The van der Waals surface area contributed by atoms with Gasteiger partial charge in [-0.3, -0.25) is 4.79 Å². The van der Waals surface area contributed by atoms with Gasteiger partial charge in [-0.25, -0.2) is 4.79 Å². The van der Waals surface area contributed by atoms with Crippen LogP contribution in [0.5, 0.6) is 0 Å². The number of carbonyl (C=O) groups is 2. The molecule has 0 aromatic rings. The first kappa shape index (κ1) is 11.3. The maximum Gasteiger partial charge on any atom is 0.332 e. The zero-order valence-electron chi connectivity index (χ0n) is 7.51. The van der Waals surface area contributed by atoms with Crippen molar-refractivity contribution in [3.8, 4) is 0 Å². The average Bonchev–Trinajstić information content (AvgIpc) is 2.16. The van der Waals surface area contributed by atoms with Crippen LogP contribution in [0, 0.1) is 6.04 Å². The van der Waals surface area contributed by atoms with Crippen LogP contribution in [0.25, 0.3) is 0 Å². The summed E-state index contributed by atoms with van der Waals surface area (Å²) < 4.78 is 0. The summed E-state index contributed by atoms with van der Waals surface area (Å²) in [4.78, 5) is 23.1. The SMILES string of the molecule is O=C(O)[C]1CCC(O)CN1C(=O)CS. The Balaban J connectivity index is 2.73. The Morgan fingerprint density at radius 1 is 1.57 bits per heavy atom. The molecule has 0 aliphatic carbocycles. The highest BCUT2D eigenvalue weighted by Gasteiger charge is 2.35. The topological polar surface area (TPSA) is 77.8 Å². The third-order valence-corrected chi connectivity index (χ3v) is 2.39. The molecular formula is C8H12NO4S. The molecule has 2 N–H and O–H groups in total. The lowest BCUT2D eigenvalue weighted by atomic mass is 10.0. The van der Waals surface area contributed by atoms with Gasteiger partial charge in [-0.15, -0.1) is 0 Å². The normalized spacial score (nSPS) is 23.6. The largest absolute Gasteiger partial charge is 0.479 e. The first-order chi connectivity index (χ1) is 6.56. The van der Waals surface area contributed by atoms with Gasteiger partial charge in [0.15, 0.2) is 6.04 Å². The number of thiol groups is 1. The third-order valence-electron chi connectivity index (χ3n) is 2.12. The molecule has 0 aromatic carbocycles. The second kappa shape index (κ2) is 4.65. The van der Waals surface area contributed by atoms with Crippen molar-refractivity contribution in [1.29, 1.82) is 0 Å². The van der Waals surface area contributed by atoms with Crippen molar-refractivity contribution in [3.05, 3.63) is 6.04 Å². The van der Waals surface area contributed by atoms with Crippen LogP contribution in [0.15, 0.2) is 0 Å². The summed E-state index contributed by atoms with van der Waals surface area (Å²) >= 11 is 3.79. The van der Waals surface area contributed by atoms with E-state index in [1.165, 1.54) is 0 Å². The number of aliphatic hydroxyl groups excluding tert-OH is 1. The van der Waals surface area contributed by atoms with Crippen molar-refractivity contribution >= 4 is 24.5 Å². The number of rotatable bonds is 2. The van der Waals surface area contributed by atoms with E-state index < -0.39 is 12.1 Å². The van der Waals surface area contributed by atoms with E-state index in [1.54, 1.807) is 0 Å². The number of carboxylic acids is 1. The number of carboxylic acid groups (broad SMARTS) is 1. The fraction of sp³-hybridized carbons (Fsp3) is 0.625. The van der Waals surface area contributed by atoms with Crippen LogP contribution in [0.3, 0.4) is 0 Å². The van der Waals surface area contributed by atoms with E-state index in [0.717, 1.165) is 4.90 Å². The quantitative estimate of drug-likeness (QED) is 0.547. The van der Waals surface area contributed by atoms with Crippen molar-refractivity contribution < 1.29 is 19.8 Å². The fourth-order valence-corrected chi connectivity index (χ4v) is 1.58. The van der Waals surface area contributed by atoms with E-state index in [-0.39, 0.29) is 30.7 Å². The molecule has 1 rings (SSSR count). The van der Waals surface area contributed by atoms with Crippen LogP contribution in [-0.4, -0.2) is 45.4 Å². The van der Waals surface area contributed by atoms with Crippen LogP contribution in [0.4, 0.5) is 0 Å². The maximum absolute atomic E-state index is 11.3. The van der Waals surface area contributed by atoms with Gasteiger partial charge in [0.2, 0.25) is 5.91 Å². The number of aliphatic carboxylic acids is 1. The van der Waals surface area contributed by atoms with Gasteiger partial charge in [0.05, 0.1) is 11.9 Å². The second-order valence-electron chi connectivity index (χ2n) is 3.11. The van der Waals surface area contributed by atoms with Crippen molar-refractivity contribution in [3.63, 3.8) is 0 Å². The van der Waals surface area contributed by atoms with E-state index in [4.69, 9.17) is 5.11 Å². The standard InChI is InChI=1S/C8H12NO4S/c10-5-1-2-6(8(12)13)9(3-5)7(11)4-14/h5,10,14H,1-4H2,(H,12,13). The summed E-state index contributed by atoms with van der Waals surface area (Å²) in [7, 11) is 0. The molecule has 5 nitrogen and oxygen atoms in total. The van der Waals surface area contributed by atoms with Gasteiger partial charge in [-0.2, -0.15) is 12.6 Å². The molecule has 1 saturated heterocycles. The van der Waals surface area contributed by atoms with Gasteiger partial charge in [-0.1, -0.05) is 0 Å². The summed E-state index contributed by atoms with van der Waals surface area (Å²) in [6, 6.07) is 0.0503. The summed E-state index contributed by atoms with van der Waals surface area (Å²) in [5, 5.41) is 18.1. The Hall–Kier alpha value is -0.750. The van der Waals surface area contributed by atoms with Crippen LogP contribution < -0.4 is 0 Å². The Morgan fingerprint density at radius 3 is 2.71 bits per heavy atom. The highest BCUT2D eigenvalue weighted by atomic mass is 32.1. The van der Waals surface area contributed by atoms with E-state index in [1.807, 2.05) is 0 Å². The van der Waals surface area contributed by atoms with Crippen molar-refractivity contribution in [2.45, 2.75) is 18.9 Å². The Morgan fingerprint density at radius 2 is 2.21 bits per heavy atom. The highest BCUT2D eigenvalue weighted by molar-refractivity contribution is 7.81. The average molecular weight is 218 g/mol. The molecule has 0 aromatic heterocycles. The lowest BCUT2D eigenvalue weighted by Crippen LogP contribution is -2.47. The monoisotopic (exact) mass is 218 g/mol.